The molecular formula is C11H17ClN4O2S. The topological polar surface area (TPSA) is 67.2 Å². The van der Waals surface area contributed by atoms with Gasteiger partial charge in [0.1, 0.15) is 0 Å². The number of nitrogens with one attached hydrogen (secondary N) is 1. The number of nitrogens with zero attached hydrogens (tertiary/aromatic N) is 3. The van der Waals surface area contributed by atoms with Crippen LogP contribution in [0.15, 0.2) is 11.2 Å². The minimum Gasteiger partial charge on any atom is -0.315 e. The molecule has 0 spiro atoms. The number of sulfonamides is 1. The van der Waals surface area contributed by atoms with Crippen molar-refractivity contribution in [3.05, 3.63) is 11.2 Å². The van der Waals surface area contributed by atoms with E-state index in [-0.39, 0.29) is 22.1 Å². The van der Waals surface area contributed by atoms with Crippen LogP contribution in [0.1, 0.15) is 19.3 Å². The Morgan fingerprint density at radius 3 is 2.63 bits per heavy atom. The van der Waals surface area contributed by atoms with Gasteiger partial charge in [-0.25, -0.2) is 8.42 Å². The quantitative estimate of drug-likeness (QED) is 0.884. The van der Waals surface area contributed by atoms with Crippen molar-refractivity contribution in [2.24, 2.45) is 7.05 Å². The van der Waals surface area contributed by atoms with Crippen LogP contribution in [0.5, 0.6) is 0 Å². The maximum atomic E-state index is 12.9. The largest absolute Gasteiger partial charge is 0.315 e. The second kappa shape index (κ2) is 4.73. The molecule has 19 heavy (non-hydrogen) atoms. The number of rotatable bonds is 4. The van der Waals surface area contributed by atoms with Crippen LogP contribution in [0.25, 0.3) is 0 Å². The van der Waals surface area contributed by atoms with Gasteiger partial charge in [-0.1, -0.05) is 11.6 Å². The molecule has 0 aromatic carbocycles. The molecule has 8 heteroatoms. The van der Waals surface area contributed by atoms with Gasteiger partial charge in [0.05, 0.1) is 11.2 Å². The lowest BCUT2D eigenvalue weighted by Crippen LogP contribution is -2.43. The van der Waals surface area contributed by atoms with Crippen LogP contribution < -0.4 is 5.32 Å². The first kappa shape index (κ1) is 13.4. The smallest absolute Gasteiger partial charge is 0.262 e. The SMILES string of the molecule is Cn1ncc(Cl)c1S(=O)(=O)N(C1CC1)C1CCNC1. The van der Waals surface area contributed by atoms with E-state index in [9.17, 15) is 8.42 Å². The van der Waals surface area contributed by atoms with E-state index in [1.807, 2.05) is 0 Å². The Bertz CT molecular complexity index is 556. The highest BCUT2D eigenvalue weighted by molar-refractivity contribution is 7.89. The zero-order valence-electron chi connectivity index (χ0n) is 10.7. The molecule has 2 aliphatic rings. The molecule has 0 radical (unpaired) electrons. The van der Waals surface area contributed by atoms with Gasteiger partial charge in [0, 0.05) is 25.7 Å². The molecule has 1 saturated carbocycles. The van der Waals surface area contributed by atoms with Crippen LogP contribution in [-0.2, 0) is 17.1 Å². The van der Waals surface area contributed by atoms with Gasteiger partial charge in [-0.2, -0.15) is 9.40 Å². The van der Waals surface area contributed by atoms with Crippen molar-refractivity contribution in [3.63, 3.8) is 0 Å². The van der Waals surface area contributed by atoms with Gasteiger partial charge in [0.2, 0.25) is 0 Å². The molecule has 0 amide bonds. The van der Waals surface area contributed by atoms with Gasteiger partial charge < -0.3 is 5.32 Å². The molecule has 2 fully saturated rings. The van der Waals surface area contributed by atoms with Gasteiger partial charge >= 0.3 is 0 Å². The van der Waals surface area contributed by atoms with Crippen molar-refractivity contribution in [2.45, 2.75) is 36.4 Å². The summed E-state index contributed by atoms with van der Waals surface area (Å²) in [5.41, 5.74) is 0. The summed E-state index contributed by atoms with van der Waals surface area (Å²) in [6.07, 6.45) is 4.11. The van der Waals surface area contributed by atoms with Crippen LogP contribution in [0, 0.1) is 0 Å². The van der Waals surface area contributed by atoms with Crippen molar-refractivity contribution in [1.82, 2.24) is 19.4 Å². The van der Waals surface area contributed by atoms with Gasteiger partial charge in [-0.3, -0.25) is 4.68 Å². The Morgan fingerprint density at radius 2 is 2.16 bits per heavy atom. The van der Waals surface area contributed by atoms with E-state index in [4.69, 9.17) is 11.6 Å². The number of hydrogen-bond donors (Lipinski definition) is 1. The molecule has 3 rings (SSSR count). The summed E-state index contributed by atoms with van der Waals surface area (Å²) in [4.78, 5) is 0. The Kier molecular flexibility index (Phi) is 3.33. The standard InChI is InChI=1S/C11H17ClN4O2S/c1-15-11(10(12)7-14-15)19(17,18)16(8-2-3-8)9-4-5-13-6-9/h7-9,13H,2-6H2,1H3. The molecule has 1 unspecified atom stereocenters. The lowest BCUT2D eigenvalue weighted by Gasteiger charge is -2.27. The van der Waals surface area contributed by atoms with Crippen molar-refractivity contribution in [1.29, 1.82) is 0 Å². The summed E-state index contributed by atoms with van der Waals surface area (Å²) in [5, 5.41) is 7.45. The van der Waals surface area contributed by atoms with Gasteiger partial charge in [0.15, 0.2) is 5.03 Å². The monoisotopic (exact) mass is 304 g/mol. The maximum absolute atomic E-state index is 12.9. The van der Waals surface area contributed by atoms with E-state index in [0.717, 1.165) is 25.8 Å². The molecule has 1 aromatic rings. The molecule has 1 saturated heterocycles. The van der Waals surface area contributed by atoms with Crippen LogP contribution in [0.2, 0.25) is 5.02 Å². The molecule has 1 aliphatic heterocycles. The third kappa shape index (κ3) is 2.29. The molecule has 1 aromatic heterocycles. The first-order valence-electron chi connectivity index (χ1n) is 6.43. The summed E-state index contributed by atoms with van der Waals surface area (Å²) in [6.45, 7) is 1.58. The summed E-state index contributed by atoms with van der Waals surface area (Å²) >= 11 is 6.00. The number of hydrogen-bond acceptors (Lipinski definition) is 4. The van der Waals surface area contributed by atoms with E-state index in [1.165, 1.54) is 10.9 Å². The zero-order valence-corrected chi connectivity index (χ0v) is 12.3. The molecule has 1 N–H and O–H groups in total. The summed E-state index contributed by atoms with van der Waals surface area (Å²) in [7, 11) is -1.97. The Balaban J connectivity index is 2.01. The highest BCUT2D eigenvalue weighted by Crippen LogP contribution is 2.36. The summed E-state index contributed by atoms with van der Waals surface area (Å²) in [6, 6.07) is 0.157. The summed E-state index contributed by atoms with van der Waals surface area (Å²) < 4.78 is 28.7. The fourth-order valence-electron chi connectivity index (χ4n) is 2.67. The minimum atomic E-state index is -3.58. The molecule has 1 aliphatic carbocycles. The van der Waals surface area contributed by atoms with Gasteiger partial charge in [-0.05, 0) is 25.8 Å². The highest BCUT2D eigenvalue weighted by Gasteiger charge is 2.45. The van der Waals surface area contributed by atoms with E-state index >= 15 is 0 Å². The second-order valence-electron chi connectivity index (χ2n) is 5.13. The van der Waals surface area contributed by atoms with Crippen LogP contribution >= 0.6 is 11.6 Å². The fourth-order valence-corrected chi connectivity index (χ4v) is 5.18. The maximum Gasteiger partial charge on any atom is 0.262 e. The fraction of sp³-hybridized carbons (Fsp3) is 0.727. The second-order valence-corrected chi connectivity index (χ2v) is 7.30. The van der Waals surface area contributed by atoms with Gasteiger partial charge in [-0.15, -0.1) is 0 Å². The Labute approximate surface area is 117 Å². The van der Waals surface area contributed by atoms with Crippen LogP contribution in [-0.4, -0.2) is 47.7 Å². The predicted molar refractivity (Wildman–Crippen MR) is 71.5 cm³/mol. The van der Waals surface area contributed by atoms with Crippen molar-refractivity contribution >= 4 is 21.6 Å². The third-order valence-corrected chi connectivity index (χ3v) is 6.18. The lowest BCUT2D eigenvalue weighted by atomic mass is 10.2. The Morgan fingerprint density at radius 1 is 1.42 bits per heavy atom. The van der Waals surface area contributed by atoms with E-state index in [1.54, 1.807) is 11.4 Å². The molecule has 106 valence electrons. The van der Waals surface area contributed by atoms with Crippen molar-refractivity contribution in [3.8, 4) is 0 Å². The molecule has 0 bridgehead atoms. The molecular weight excluding hydrogens is 288 g/mol. The third-order valence-electron chi connectivity index (χ3n) is 3.67. The normalized spacial score (nSPS) is 24.3. The van der Waals surface area contributed by atoms with Crippen molar-refractivity contribution < 1.29 is 8.42 Å². The number of halogens is 1. The first-order valence-corrected chi connectivity index (χ1v) is 8.25. The van der Waals surface area contributed by atoms with Gasteiger partial charge in [0.25, 0.3) is 10.0 Å². The summed E-state index contributed by atoms with van der Waals surface area (Å²) in [5.74, 6) is 0. The minimum absolute atomic E-state index is 0.0310. The van der Waals surface area contributed by atoms with Crippen molar-refractivity contribution in [2.75, 3.05) is 13.1 Å². The predicted octanol–water partition coefficient (Wildman–Crippen LogP) is 0.588. The zero-order chi connectivity index (χ0) is 13.6. The highest BCUT2D eigenvalue weighted by atomic mass is 35.5. The van der Waals surface area contributed by atoms with E-state index < -0.39 is 10.0 Å². The van der Waals surface area contributed by atoms with E-state index in [2.05, 4.69) is 10.4 Å². The first-order chi connectivity index (χ1) is 9.01. The average Bonchev–Trinajstić information content (AvgIpc) is 2.87. The number of aryl methyl sites for hydroxylation is 1. The van der Waals surface area contributed by atoms with Crippen LogP contribution in [0.3, 0.4) is 0 Å². The molecule has 1 atom stereocenters. The Hall–Kier alpha value is -0.630. The average molecular weight is 305 g/mol. The van der Waals surface area contributed by atoms with E-state index in [0.29, 0.717) is 6.54 Å². The molecule has 6 nitrogen and oxygen atoms in total. The molecule has 2 heterocycles. The number of aromatic nitrogens is 2. The van der Waals surface area contributed by atoms with Crippen LogP contribution in [0.4, 0.5) is 0 Å². The lowest BCUT2D eigenvalue weighted by molar-refractivity contribution is 0.324.